The first-order valence-electron chi connectivity index (χ1n) is 10.4. The number of fused-ring (bicyclic) bond motifs is 1. The number of benzene rings is 3. The molecule has 0 unspecified atom stereocenters. The lowest BCUT2D eigenvalue weighted by Gasteiger charge is -2.07. The molecule has 0 amide bonds. The van der Waals surface area contributed by atoms with E-state index in [0.29, 0.717) is 48.3 Å². The first-order chi connectivity index (χ1) is 17.3. The molecular weight excluding hydrogens is 547 g/mol. The molecule has 1 aliphatic rings. The van der Waals surface area contributed by atoms with Crippen LogP contribution >= 0.6 is 46.1 Å². The fourth-order valence-electron chi connectivity index (χ4n) is 3.52. The molecule has 1 aliphatic heterocycles. The molecular formula is C24H15Cl3N4O4S. The van der Waals surface area contributed by atoms with E-state index in [0.717, 1.165) is 5.56 Å². The first-order valence-corrected chi connectivity index (χ1v) is 12.4. The van der Waals surface area contributed by atoms with E-state index in [-0.39, 0.29) is 18.0 Å². The van der Waals surface area contributed by atoms with Gasteiger partial charge >= 0.3 is 0 Å². The number of nitrogens with zero attached hydrogens (tertiary/aromatic N) is 4. The maximum Gasteiger partial charge on any atom is 0.282 e. The predicted octanol–water partition coefficient (Wildman–Crippen LogP) is 7.24. The summed E-state index contributed by atoms with van der Waals surface area (Å²) in [6.07, 6.45) is 1.37. The summed E-state index contributed by atoms with van der Waals surface area (Å²) in [5.41, 5.74) is 2.75. The Morgan fingerprint density at radius 2 is 1.86 bits per heavy atom. The van der Waals surface area contributed by atoms with Crippen molar-refractivity contribution < 1.29 is 14.4 Å². The summed E-state index contributed by atoms with van der Waals surface area (Å²) in [4.78, 5) is 16.5. The Morgan fingerprint density at radius 1 is 1.08 bits per heavy atom. The van der Waals surface area contributed by atoms with Gasteiger partial charge in [0.05, 0.1) is 39.2 Å². The molecule has 182 valence electrons. The zero-order valence-electron chi connectivity index (χ0n) is 18.4. The number of nitro groups is 1. The third-order valence-electron chi connectivity index (χ3n) is 5.38. The molecule has 0 saturated heterocycles. The van der Waals surface area contributed by atoms with E-state index in [1.165, 1.54) is 29.7 Å². The predicted molar refractivity (Wildman–Crippen MR) is 141 cm³/mol. The molecule has 2 heterocycles. The molecule has 0 atom stereocenters. The van der Waals surface area contributed by atoms with E-state index in [4.69, 9.17) is 49.3 Å². The normalized spacial score (nSPS) is 13.1. The SMILES string of the molecule is Cc1c(Cl)cccc1N=c1scc(-c2cc(Cl)ccc2Cl)n1N=Cc1cc2c(cc1[N+](=O)[O-])OCO2. The van der Waals surface area contributed by atoms with Crippen molar-refractivity contribution >= 4 is 63.7 Å². The van der Waals surface area contributed by atoms with Crippen molar-refractivity contribution in [3.63, 3.8) is 0 Å². The van der Waals surface area contributed by atoms with E-state index in [2.05, 4.69) is 5.10 Å². The van der Waals surface area contributed by atoms with E-state index in [9.17, 15) is 10.1 Å². The highest BCUT2D eigenvalue weighted by atomic mass is 35.5. The number of halogens is 3. The molecule has 5 rings (SSSR count). The monoisotopic (exact) mass is 560 g/mol. The molecule has 0 saturated carbocycles. The number of thiazole rings is 1. The zero-order valence-corrected chi connectivity index (χ0v) is 21.5. The molecule has 12 heteroatoms. The van der Waals surface area contributed by atoms with Crippen molar-refractivity contribution in [3.8, 4) is 22.8 Å². The Morgan fingerprint density at radius 3 is 2.64 bits per heavy atom. The van der Waals surface area contributed by atoms with Crippen LogP contribution in [0.4, 0.5) is 11.4 Å². The van der Waals surface area contributed by atoms with Gasteiger partial charge in [0.2, 0.25) is 11.6 Å². The third-order valence-corrected chi connectivity index (χ3v) is 7.17. The van der Waals surface area contributed by atoms with Gasteiger partial charge in [-0.05, 0) is 48.9 Å². The van der Waals surface area contributed by atoms with Gasteiger partial charge in [0.15, 0.2) is 11.5 Å². The number of nitro benzene ring substituents is 1. The molecule has 0 spiro atoms. The number of rotatable bonds is 5. The van der Waals surface area contributed by atoms with Gasteiger partial charge in [0, 0.05) is 21.0 Å². The van der Waals surface area contributed by atoms with Crippen LogP contribution in [0.3, 0.4) is 0 Å². The van der Waals surface area contributed by atoms with Crippen LogP contribution < -0.4 is 14.3 Å². The molecule has 0 fully saturated rings. The van der Waals surface area contributed by atoms with Crippen LogP contribution in [0, 0.1) is 17.0 Å². The number of hydrogen-bond donors (Lipinski definition) is 0. The summed E-state index contributed by atoms with van der Waals surface area (Å²) in [6, 6.07) is 13.3. The van der Waals surface area contributed by atoms with Gasteiger partial charge in [-0.1, -0.05) is 40.9 Å². The van der Waals surface area contributed by atoms with Gasteiger partial charge < -0.3 is 9.47 Å². The van der Waals surface area contributed by atoms with E-state index < -0.39 is 4.92 Å². The lowest BCUT2D eigenvalue weighted by Crippen LogP contribution is -2.12. The molecule has 0 N–H and O–H groups in total. The lowest BCUT2D eigenvalue weighted by atomic mass is 10.1. The second-order valence-electron chi connectivity index (χ2n) is 7.60. The van der Waals surface area contributed by atoms with E-state index >= 15 is 0 Å². The Labute approximate surface area is 223 Å². The van der Waals surface area contributed by atoms with E-state index in [1.54, 1.807) is 35.0 Å². The topological polar surface area (TPSA) is 91.2 Å². The molecule has 3 aromatic carbocycles. The van der Waals surface area contributed by atoms with Crippen LogP contribution in [-0.4, -0.2) is 22.6 Å². The summed E-state index contributed by atoms with van der Waals surface area (Å²) in [5, 5.41) is 19.7. The van der Waals surface area contributed by atoms with Crippen molar-refractivity contribution in [1.82, 2.24) is 4.68 Å². The maximum atomic E-state index is 11.7. The molecule has 36 heavy (non-hydrogen) atoms. The van der Waals surface area contributed by atoms with Gasteiger partial charge in [-0.3, -0.25) is 10.1 Å². The van der Waals surface area contributed by atoms with Gasteiger partial charge in [-0.2, -0.15) is 5.10 Å². The Hall–Kier alpha value is -3.37. The quantitative estimate of drug-likeness (QED) is 0.146. The van der Waals surface area contributed by atoms with Crippen molar-refractivity contribution in [2.45, 2.75) is 6.92 Å². The third kappa shape index (κ3) is 4.70. The number of ether oxygens (including phenoxy) is 2. The molecule has 4 aromatic rings. The summed E-state index contributed by atoms with van der Waals surface area (Å²) in [6.45, 7) is 1.86. The fraction of sp³-hybridized carbons (Fsp3) is 0.0833. The number of aromatic nitrogens is 1. The van der Waals surface area contributed by atoms with Crippen molar-refractivity contribution in [2.24, 2.45) is 10.1 Å². The maximum absolute atomic E-state index is 11.7. The summed E-state index contributed by atoms with van der Waals surface area (Å²) < 4.78 is 12.2. The standard InChI is InChI=1S/C24H15Cl3N4O4S/c1-13-17(26)3-2-4-19(13)29-24-30(21(11-36-24)16-8-15(25)5-6-18(16)27)28-10-14-7-22-23(35-12-34-22)9-20(14)31(32)33/h2-11H,12H2,1H3. The smallest absolute Gasteiger partial charge is 0.282 e. The average molecular weight is 562 g/mol. The van der Waals surface area contributed by atoms with Gasteiger partial charge in [-0.15, -0.1) is 11.3 Å². The van der Waals surface area contributed by atoms with Gasteiger partial charge in [0.25, 0.3) is 5.69 Å². The van der Waals surface area contributed by atoms with Crippen LogP contribution in [0.25, 0.3) is 11.3 Å². The lowest BCUT2D eigenvalue weighted by molar-refractivity contribution is -0.385. The van der Waals surface area contributed by atoms with Gasteiger partial charge in [-0.25, -0.2) is 9.67 Å². The molecule has 8 nitrogen and oxygen atoms in total. The van der Waals surface area contributed by atoms with Crippen molar-refractivity contribution in [3.05, 3.63) is 95.0 Å². The molecule has 0 aliphatic carbocycles. The molecule has 1 aromatic heterocycles. The zero-order chi connectivity index (χ0) is 25.4. The highest BCUT2D eigenvalue weighted by Crippen LogP contribution is 2.37. The first kappa shape index (κ1) is 24.3. The van der Waals surface area contributed by atoms with Crippen molar-refractivity contribution in [2.75, 3.05) is 6.79 Å². The Bertz CT molecular complexity index is 1610. The Kier molecular flexibility index (Phi) is 6.72. The van der Waals surface area contributed by atoms with Crippen LogP contribution in [-0.2, 0) is 0 Å². The van der Waals surface area contributed by atoms with Gasteiger partial charge in [0.1, 0.15) is 0 Å². The van der Waals surface area contributed by atoms with E-state index in [1.807, 2.05) is 18.4 Å². The average Bonchev–Trinajstić information content (AvgIpc) is 3.47. The van der Waals surface area contributed by atoms with Crippen molar-refractivity contribution in [1.29, 1.82) is 0 Å². The highest BCUT2D eigenvalue weighted by Gasteiger charge is 2.23. The fourth-order valence-corrected chi connectivity index (χ4v) is 4.91. The summed E-state index contributed by atoms with van der Waals surface area (Å²) >= 11 is 20.3. The summed E-state index contributed by atoms with van der Waals surface area (Å²) in [5.74, 6) is 0.704. The minimum Gasteiger partial charge on any atom is -0.454 e. The van der Waals surface area contributed by atoms with Crippen LogP contribution in [0.2, 0.25) is 15.1 Å². The largest absolute Gasteiger partial charge is 0.454 e. The second-order valence-corrected chi connectivity index (χ2v) is 9.69. The highest BCUT2D eigenvalue weighted by molar-refractivity contribution is 7.07. The van der Waals surface area contributed by atoms with Crippen LogP contribution in [0.15, 0.2) is 64.0 Å². The summed E-state index contributed by atoms with van der Waals surface area (Å²) in [7, 11) is 0. The molecule has 0 radical (unpaired) electrons. The minimum absolute atomic E-state index is 0.00814. The van der Waals surface area contributed by atoms with Crippen LogP contribution in [0.5, 0.6) is 11.5 Å². The molecule has 0 bridgehead atoms. The minimum atomic E-state index is -0.503. The van der Waals surface area contributed by atoms with Crippen LogP contribution in [0.1, 0.15) is 11.1 Å². The Balaban J connectivity index is 1.71. The number of hydrogen-bond acceptors (Lipinski definition) is 7. The second kappa shape index (κ2) is 9.94.